The van der Waals surface area contributed by atoms with Gasteiger partial charge in [-0.05, 0) is 83.5 Å². The molecule has 1 rings (SSSR count). The maximum atomic E-state index is 12.8. The Labute approximate surface area is 379 Å². The summed E-state index contributed by atoms with van der Waals surface area (Å²) in [5.74, 6) is -1.16. The van der Waals surface area contributed by atoms with E-state index in [2.05, 4.69) is 74.6 Å². The molecule has 0 radical (unpaired) electrons. The van der Waals surface area contributed by atoms with Gasteiger partial charge in [-0.2, -0.15) is 0 Å². The van der Waals surface area contributed by atoms with Gasteiger partial charge in [0.2, 0.25) is 0 Å². The fraction of sp³-hybridized carbons (Fsp3) is 0.755. The average molecular weight is 913 g/mol. The minimum atomic E-state index is -5.13. The number of carbonyl (C=O) groups is 2. The third-order valence-corrected chi connectivity index (χ3v) is 11.8. The van der Waals surface area contributed by atoms with Crippen molar-refractivity contribution < 1.29 is 63.1 Å². The van der Waals surface area contributed by atoms with E-state index in [1.165, 1.54) is 77.0 Å². The minimum absolute atomic E-state index is 0.0531. The SMILES string of the molecule is CCCCC/C=C/C/C=C/C/C=C/C/C=C/CCCCCC(=O)O[C@H](COC(=O)CCCC/C=C/CCCCCCCCCCC)COP(=O)(O)OC1C(O)C(O)C(O)[C@@H](O)C1O. The molecule has 0 spiro atoms. The van der Waals surface area contributed by atoms with Crippen LogP contribution in [-0.2, 0) is 32.7 Å². The highest BCUT2D eigenvalue weighted by Crippen LogP contribution is 2.47. The van der Waals surface area contributed by atoms with E-state index in [4.69, 9.17) is 18.5 Å². The number of aliphatic hydroxyl groups excluding tert-OH is 5. The number of unbranched alkanes of at least 4 members (excludes halogenated alkanes) is 17. The first kappa shape index (κ1) is 58.6. The number of allylic oxidation sites excluding steroid dienone is 10. The second kappa shape index (κ2) is 38.8. The van der Waals surface area contributed by atoms with Gasteiger partial charge in [-0.1, -0.05) is 145 Å². The molecule has 0 heterocycles. The van der Waals surface area contributed by atoms with E-state index in [0.29, 0.717) is 12.8 Å². The van der Waals surface area contributed by atoms with Crippen LogP contribution in [0.15, 0.2) is 60.8 Å². The summed E-state index contributed by atoms with van der Waals surface area (Å²) in [6, 6.07) is 0. The summed E-state index contributed by atoms with van der Waals surface area (Å²) in [4.78, 5) is 35.7. The number of carbonyl (C=O) groups excluding carboxylic acids is 2. The van der Waals surface area contributed by atoms with Crippen LogP contribution in [0.5, 0.6) is 0 Å². The molecular formula is C49H85O13P. The van der Waals surface area contributed by atoms with Crippen molar-refractivity contribution in [1.82, 2.24) is 0 Å². The molecule has 1 aliphatic rings. The maximum absolute atomic E-state index is 12.8. The van der Waals surface area contributed by atoms with Crippen molar-refractivity contribution in [3.63, 3.8) is 0 Å². The van der Waals surface area contributed by atoms with Gasteiger partial charge >= 0.3 is 19.8 Å². The van der Waals surface area contributed by atoms with E-state index >= 15 is 0 Å². The molecule has 0 aliphatic heterocycles. The quantitative estimate of drug-likeness (QED) is 0.0147. The van der Waals surface area contributed by atoms with Crippen LogP contribution in [-0.4, -0.2) is 98.3 Å². The summed E-state index contributed by atoms with van der Waals surface area (Å²) in [6.45, 7) is 3.23. The Hall–Kier alpha value is -2.45. The van der Waals surface area contributed by atoms with Crippen LogP contribution in [0.3, 0.4) is 0 Å². The average Bonchev–Trinajstić information content (AvgIpc) is 3.26. The summed E-state index contributed by atoms with van der Waals surface area (Å²) in [6.07, 6.45) is 34.1. The van der Waals surface area contributed by atoms with Gasteiger partial charge in [0.05, 0.1) is 6.61 Å². The summed E-state index contributed by atoms with van der Waals surface area (Å²) in [7, 11) is -5.13. The Kier molecular flexibility index (Phi) is 36.1. The smallest absolute Gasteiger partial charge is 0.462 e. The topological polar surface area (TPSA) is 210 Å². The Morgan fingerprint density at radius 3 is 1.38 bits per heavy atom. The summed E-state index contributed by atoms with van der Waals surface area (Å²) in [5, 5.41) is 50.2. The van der Waals surface area contributed by atoms with Crippen molar-refractivity contribution >= 4 is 19.8 Å². The number of phosphoric acid groups is 1. The number of esters is 2. The largest absolute Gasteiger partial charge is 0.472 e. The number of phosphoric ester groups is 1. The van der Waals surface area contributed by atoms with Gasteiger partial charge in [-0.3, -0.25) is 18.6 Å². The van der Waals surface area contributed by atoms with Gasteiger partial charge < -0.3 is 39.9 Å². The predicted octanol–water partition coefficient (Wildman–Crippen LogP) is 9.73. The molecule has 13 nitrogen and oxygen atoms in total. The van der Waals surface area contributed by atoms with Gasteiger partial charge in [0.15, 0.2) is 6.10 Å². The number of aliphatic hydroxyl groups is 5. The fourth-order valence-electron chi connectivity index (χ4n) is 6.91. The molecule has 14 heteroatoms. The lowest BCUT2D eigenvalue weighted by atomic mass is 9.85. The lowest BCUT2D eigenvalue weighted by molar-refractivity contribution is -0.220. The maximum Gasteiger partial charge on any atom is 0.472 e. The molecule has 0 saturated heterocycles. The van der Waals surface area contributed by atoms with Gasteiger partial charge in [-0.25, -0.2) is 4.57 Å². The summed E-state index contributed by atoms with van der Waals surface area (Å²) < 4.78 is 33.5. The van der Waals surface area contributed by atoms with Crippen molar-refractivity contribution in [1.29, 1.82) is 0 Å². The standard InChI is InChI=1S/C49H85O13P/c1-3-5-7-9-11-13-15-17-19-20-21-22-24-26-28-30-32-34-36-38-43(51)61-41(40-60-63(57,58)62-49-47(55)45(53)44(52)46(54)48(49)56)39-59-42(50)37-35-33-31-29-27-25-23-18-16-14-12-10-8-6-4-2/h11,13,17,19,21-22,26-29,41,44-49,52-56H,3-10,12,14-16,18,20,23-25,30-40H2,1-2H3,(H,57,58)/b13-11+,19-17+,22-21+,28-26+,29-27+/t41-,44?,45-,46?,47?,48?,49?/m1/s1. The van der Waals surface area contributed by atoms with Crippen LogP contribution in [0.4, 0.5) is 0 Å². The first-order valence-electron chi connectivity index (χ1n) is 24.1. The Bertz CT molecular complexity index is 1330. The Morgan fingerprint density at radius 2 is 0.857 bits per heavy atom. The van der Waals surface area contributed by atoms with Gasteiger partial charge in [-0.15, -0.1) is 0 Å². The molecule has 8 atom stereocenters. The van der Waals surface area contributed by atoms with Crippen LogP contribution in [0.1, 0.15) is 181 Å². The monoisotopic (exact) mass is 913 g/mol. The minimum Gasteiger partial charge on any atom is -0.462 e. The molecule has 0 aromatic carbocycles. The van der Waals surface area contributed by atoms with E-state index in [-0.39, 0.29) is 12.8 Å². The molecule has 0 aromatic heterocycles. The van der Waals surface area contributed by atoms with Crippen molar-refractivity contribution in [3.8, 4) is 0 Å². The summed E-state index contributed by atoms with van der Waals surface area (Å²) in [5.41, 5.74) is 0. The first-order valence-corrected chi connectivity index (χ1v) is 25.6. The number of hydrogen-bond acceptors (Lipinski definition) is 12. The molecule has 0 amide bonds. The van der Waals surface area contributed by atoms with E-state index in [0.717, 1.165) is 64.2 Å². The highest BCUT2D eigenvalue weighted by atomic mass is 31.2. The molecule has 63 heavy (non-hydrogen) atoms. The molecule has 1 fully saturated rings. The number of ether oxygens (including phenoxy) is 2. The molecule has 1 saturated carbocycles. The number of rotatable bonds is 39. The van der Waals surface area contributed by atoms with Crippen LogP contribution >= 0.6 is 7.82 Å². The molecule has 0 aromatic rings. The highest BCUT2D eigenvalue weighted by molar-refractivity contribution is 7.47. The van der Waals surface area contributed by atoms with Gasteiger partial charge in [0.25, 0.3) is 0 Å². The molecule has 0 bridgehead atoms. The van der Waals surface area contributed by atoms with E-state index < -0.39 is 75.7 Å². The number of hydrogen-bond donors (Lipinski definition) is 6. The Morgan fingerprint density at radius 1 is 0.492 bits per heavy atom. The lowest BCUT2D eigenvalue weighted by Crippen LogP contribution is -2.64. The van der Waals surface area contributed by atoms with Crippen molar-refractivity contribution in [2.24, 2.45) is 0 Å². The van der Waals surface area contributed by atoms with E-state index in [1.807, 2.05) is 0 Å². The molecular weight excluding hydrogens is 828 g/mol. The molecule has 364 valence electrons. The first-order chi connectivity index (χ1) is 30.4. The van der Waals surface area contributed by atoms with Crippen LogP contribution < -0.4 is 0 Å². The third kappa shape index (κ3) is 31.2. The molecule has 6 unspecified atom stereocenters. The second-order valence-electron chi connectivity index (χ2n) is 16.6. The van der Waals surface area contributed by atoms with Crippen LogP contribution in [0, 0.1) is 0 Å². The second-order valence-corrected chi connectivity index (χ2v) is 18.0. The van der Waals surface area contributed by atoms with Crippen LogP contribution in [0.25, 0.3) is 0 Å². The van der Waals surface area contributed by atoms with Gasteiger partial charge in [0, 0.05) is 12.8 Å². The van der Waals surface area contributed by atoms with Crippen molar-refractivity contribution in [2.45, 2.75) is 224 Å². The highest BCUT2D eigenvalue weighted by Gasteiger charge is 2.51. The normalized spacial score (nSPS) is 22.2. The van der Waals surface area contributed by atoms with E-state index in [9.17, 15) is 44.6 Å². The lowest BCUT2D eigenvalue weighted by Gasteiger charge is -2.41. The fourth-order valence-corrected chi connectivity index (χ4v) is 7.88. The predicted molar refractivity (Wildman–Crippen MR) is 249 cm³/mol. The zero-order valence-electron chi connectivity index (χ0n) is 38.6. The van der Waals surface area contributed by atoms with Crippen molar-refractivity contribution in [2.75, 3.05) is 13.2 Å². The zero-order chi connectivity index (χ0) is 46.4. The summed E-state index contributed by atoms with van der Waals surface area (Å²) >= 11 is 0. The van der Waals surface area contributed by atoms with E-state index in [1.54, 1.807) is 0 Å². The zero-order valence-corrected chi connectivity index (χ0v) is 39.5. The Balaban J connectivity index is 2.49. The molecule has 1 aliphatic carbocycles. The van der Waals surface area contributed by atoms with Gasteiger partial charge in [0.1, 0.15) is 43.2 Å². The third-order valence-electron chi connectivity index (χ3n) is 10.8. The van der Waals surface area contributed by atoms with Crippen LogP contribution in [0.2, 0.25) is 0 Å². The van der Waals surface area contributed by atoms with Crippen molar-refractivity contribution in [3.05, 3.63) is 60.8 Å². The molecule has 6 N–H and O–H groups in total.